The van der Waals surface area contributed by atoms with Gasteiger partial charge in [0.05, 0.1) is 0 Å². The number of nitrogens with two attached hydrogens (primary N) is 1. The van der Waals surface area contributed by atoms with Crippen molar-refractivity contribution in [3.63, 3.8) is 0 Å². The van der Waals surface area contributed by atoms with E-state index >= 15 is 0 Å². The Morgan fingerprint density at radius 3 is 2.84 bits per heavy atom. The van der Waals surface area contributed by atoms with Crippen LogP contribution in [0.25, 0.3) is 0 Å². The maximum atomic E-state index is 12.2. The average Bonchev–Trinajstić information content (AvgIpc) is 2.81. The Balaban J connectivity index is 1.87. The number of halogens is 1. The lowest BCUT2D eigenvalue weighted by Crippen LogP contribution is -2.28. The number of benzene rings is 1. The van der Waals surface area contributed by atoms with Gasteiger partial charge in [-0.05, 0) is 43.5 Å². The number of carbonyl (C=O) groups excluding carboxylic acids is 1. The first kappa shape index (κ1) is 14.5. The van der Waals surface area contributed by atoms with Crippen molar-refractivity contribution in [1.29, 1.82) is 0 Å². The highest BCUT2D eigenvalue weighted by atomic mass is 79.9. The highest BCUT2D eigenvalue weighted by Gasteiger charge is 2.24. The zero-order chi connectivity index (χ0) is 13.7. The van der Waals surface area contributed by atoms with Crippen LogP contribution in [-0.4, -0.2) is 19.0 Å². The first-order valence-electron chi connectivity index (χ1n) is 7.01. The molecule has 19 heavy (non-hydrogen) atoms. The van der Waals surface area contributed by atoms with Gasteiger partial charge >= 0.3 is 0 Å². The van der Waals surface area contributed by atoms with Crippen molar-refractivity contribution in [1.82, 2.24) is 0 Å². The minimum atomic E-state index is 0.254. The normalized spacial score (nSPS) is 13.7. The molecule has 0 fully saturated rings. The fourth-order valence-electron chi connectivity index (χ4n) is 2.52. The molecule has 1 aliphatic rings. The number of nitrogens with zero attached hydrogens (tertiary/aromatic N) is 1. The molecule has 0 saturated carbocycles. The zero-order valence-corrected chi connectivity index (χ0v) is 12.8. The third-order valence-electron chi connectivity index (χ3n) is 3.59. The molecule has 104 valence electrons. The second-order valence-corrected chi connectivity index (χ2v) is 5.94. The van der Waals surface area contributed by atoms with Crippen molar-refractivity contribution in [2.24, 2.45) is 5.73 Å². The minimum absolute atomic E-state index is 0.254. The van der Waals surface area contributed by atoms with E-state index in [4.69, 9.17) is 5.73 Å². The summed E-state index contributed by atoms with van der Waals surface area (Å²) in [6.45, 7) is 1.58. The molecule has 0 spiro atoms. The highest BCUT2D eigenvalue weighted by Crippen LogP contribution is 2.31. The smallest absolute Gasteiger partial charge is 0.226 e. The topological polar surface area (TPSA) is 46.3 Å². The van der Waals surface area contributed by atoms with E-state index < -0.39 is 0 Å². The molecule has 0 bridgehead atoms. The number of unbranched alkanes of at least 4 members (excludes halogenated alkanes) is 3. The van der Waals surface area contributed by atoms with E-state index in [9.17, 15) is 4.79 Å². The fraction of sp³-hybridized carbons (Fsp3) is 0.533. The fourth-order valence-corrected chi connectivity index (χ4v) is 2.87. The van der Waals surface area contributed by atoms with Gasteiger partial charge in [-0.15, -0.1) is 0 Å². The van der Waals surface area contributed by atoms with Gasteiger partial charge in [0, 0.05) is 23.1 Å². The van der Waals surface area contributed by atoms with E-state index in [-0.39, 0.29) is 5.91 Å². The van der Waals surface area contributed by atoms with Gasteiger partial charge in [-0.1, -0.05) is 34.8 Å². The molecule has 0 saturated heterocycles. The maximum Gasteiger partial charge on any atom is 0.226 e. The molecule has 2 rings (SSSR count). The minimum Gasteiger partial charge on any atom is -0.330 e. The molecule has 3 nitrogen and oxygen atoms in total. The molecule has 1 aromatic rings. The summed E-state index contributed by atoms with van der Waals surface area (Å²) >= 11 is 3.47. The third kappa shape index (κ3) is 3.80. The molecular formula is C15H21BrN2O. The quantitative estimate of drug-likeness (QED) is 0.816. The largest absolute Gasteiger partial charge is 0.330 e. The predicted molar refractivity (Wildman–Crippen MR) is 82.3 cm³/mol. The molecule has 0 unspecified atom stereocenters. The van der Waals surface area contributed by atoms with Crippen molar-refractivity contribution in [2.75, 3.05) is 18.0 Å². The van der Waals surface area contributed by atoms with Crippen molar-refractivity contribution >= 4 is 27.5 Å². The lowest BCUT2D eigenvalue weighted by molar-refractivity contribution is -0.118. The Labute approximate surface area is 123 Å². The van der Waals surface area contributed by atoms with E-state index in [1.807, 2.05) is 11.0 Å². The first-order valence-corrected chi connectivity index (χ1v) is 7.80. The van der Waals surface area contributed by atoms with Crippen LogP contribution in [0.1, 0.15) is 37.7 Å². The third-order valence-corrected chi connectivity index (χ3v) is 4.08. The van der Waals surface area contributed by atoms with Crippen molar-refractivity contribution in [3.05, 3.63) is 28.2 Å². The number of hydrogen-bond acceptors (Lipinski definition) is 2. The van der Waals surface area contributed by atoms with Gasteiger partial charge in [0.2, 0.25) is 5.91 Å². The number of fused-ring (bicyclic) bond motifs is 1. The second-order valence-electron chi connectivity index (χ2n) is 5.02. The zero-order valence-electron chi connectivity index (χ0n) is 11.2. The first-order chi connectivity index (χ1) is 9.22. The Bertz CT molecular complexity index is 448. The summed E-state index contributed by atoms with van der Waals surface area (Å²) in [7, 11) is 0. The van der Waals surface area contributed by atoms with Crippen LogP contribution in [0, 0.1) is 0 Å². The van der Waals surface area contributed by atoms with Gasteiger partial charge in [0.25, 0.3) is 0 Å². The van der Waals surface area contributed by atoms with E-state index in [1.54, 1.807) is 0 Å². The summed E-state index contributed by atoms with van der Waals surface area (Å²) in [5.41, 5.74) is 7.82. The van der Waals surface area contributed by atoms with Crippen LogP contribution < -0.4 is 10.6 Å². The standard InChI is InChI=1S/C15H21BrN2O/c16-13-7-6-12-8-10-18(14(12)11-13)15(19)5-3-1-2-4-9-17/h6-7,11H,1-5,8-10,17H2. The van der Waals surface area contributed by atoms with Crippen LogP contribution in [0.2, 0.25) is 0 Å². The SMILES string of the molecule is NCCCCCCC(=O)N1CCc2ccc(Br)cc21. The van der Waals surface area contributed by atoms with Gasteiger partial charge in [-0.3, -0.25) is 4.79 Å². The molecule has 1 amide bonds. The number of amides is 1. The number of anilines is 1. The molecule has 1 aromatic carbocycles. The van der Waals surface area contributed by atoms with E-state index in [2.05, 4.69) is 28.1 Å². The highest BCUT2D eigenvalue weighted by molar-refractivity contribution is 9.10. The van der Waals surface area contributed by atoms with Crippen LogP contribution in [0.15, 0.2) is 22.7 Å². The van der Waals surface area contributed by atoms with Gasteiger partial charge in [-0.2, -0.15) is 0 Å². The molecule has 0 aliphatic carbocycles. The van der Waals surface area contributed by atoms with Crippen LogP contribution >= 0.6 is 15.9 Å². The monoisotopic (exact) mass is 324 g/mol. The molecule has 1 aliphatic heterocycles. The Kier molecular flexibility index (Phi) is 5.40. The van der Waals surface area contributed by atoms with Crippen molar-refractivity contribution < 1.29 is 4.79 Å². The van der Waals surface area contributed by atoms with Crippen LogP contribution in [-0.2, 0) is 11.2 Å². The molecule has 0 atom stereocenters. The predicted octanol–water partition coefficient (Wildman–Crippen LogP) is 3.25. The molecule has 0 aromatic heterocycles. The van der Waals surface area contributed by atoms with Crippen LogP contribution in [0.4, 0.5) is 5.69 Å². The average molecular weight is 325 g/mol. The summed E-state index contributed by atoms with van der Waals surface area (Å²) in [5, 5.41) is 0. The van der Waals surface area contributed by atoms with Crippen molar-refractivity contribution in [3.8, 4) is 0 Å². The second kappa shape index (κ2) is 7.06. The number of hydrogen-bond donors (Lipinski definition) is 1. The maximum absolute atomic E-state index is 12.2. The summed E-state index contributed by atoms with van der Waals surface area (Å²) in [4.78, 5) is 14.2. The van der Waals surface area contributed by atoms with Crippen LogP contribution in [0.5, 0.6) is 0 Å². The molecule has 1 heterocycles. The molecule has 4 heteroatoms. The van der Waals surface area contributed by atoms with Gasteiger partial charge < -0.3 is 10.6 Å². The Morgan fingerprint density at radius 1 is 1.26 bits per heavy atom. The Morgan fingerprint density at radius 2 is 2.05 bits per heavy atom. The lowest BCUT2D eigenvalue weighted by Gasteiger charge is -2.17. The van der Waals surface area contributed by atoms with E-state index in [1.165, 1.54) is 5.56 Å². The number of carbonyl (C=O) groups is 1. The lowest BCUT2D eigenvalue weighted by atomic mass is 10.1. The van der Waals surface area contributed by atoms with Gasteiger partial charge in [0.15, 0.2) is 0 Å². The molecule has 2 N–H and O–H groups in total. The summed E-state index contributed by atoms with van der Waals surface area (Å²) in [6.07, 6.45) is 5.89. The summed E-state index contributed by atoms with van der Waals surface area (Å²) < 4.78 is 1.04. The molecular weight excluding hydrogens is 304 g/mol. The van der Waals surface area contributed by atoms with Crippen molar-refractivity contribution in [2.45, 2.75) is 38.5 Å². The number of rotatable bonds is 6. The van der Waals surface area contributed by atoms with E-state index in [0.717, 1.165) is 55.4 Å². The van der Waals surface area contributed by atoms with E-state index in [0.29, 0.717) is 6.42 Å². The molecule has 0 radical (unpaired) electrons. The summed E-state index contributed by atoms with van der Waals surface area (Å²) in [6, 6.07) is 6.20. The van der Waals surface area contributed by atoms with Crippen LogP contribution in [0.3, 0.4) is 0 Å². The van der Waals surface area contributed by atoms with Gasteiger partial charge in [-0.25, -0.2) is 0 Å². The summed E-state index contributed by atoms with van der Waals surface area (Å²) in [5.74, 6) is 0.254. The van der Waals surface area contributed by atoms with Gasteiger partial charge in [0.1, 0.15) is 0 Å². The Hall–Kier alpha value is -0.870.